The van der Waals surface area contributed by atoms with Crippen molar-refractivity contribution in [3.63, 3.8) is 0 Å². The van der Waals surface area contributed by atoms with Gasteiger partial charge in [0.15, 0.2) is 5.92 Å². The Morgan fingerprint density at radius 3 is 2.56 bits per heavy atom. The lowest BCUT2D eigenvalue weighted by Gasteiger charge is -2.11. The molecule has 0 saturated carbocycles. The topological polar surface area (TPSA) is 63.6 Å². The Kier molecular flexibility index (Phi) is 4.76. The van der Waals surface area contributed by atoms with E-state index in [9.17, 15) is 18.4 Å². The van der Waals surface area contributed by atoms with Gasteiger partial charge in [0.2, 0.25) is 0 Å². The second kappa shape index (κ2) is 6.09. The van der Waals surface area contributed by atoms with E-state index in [1.807, 2.05) is 0 Å². The average molecular weight is 258 g/mol. The van der Waals surface area contributed by atoms with Crippen molar-refractivity contribution in [2.24, 2.45) is 5.92 Å². The van der Waals surface area contributed by atoms with Crippen LogP contribution in [0.1, 0.15) is 12.5 Å². The van der Waals surface area contributed by atoms with Crippen molar-refractivity contribution in [1.29, 1.82) is 0 Å². The maximum Gasteiger partial charge on any atom is 0.320 e. The number of carboxylic acid groups (broad SMARTS) is 1. The molecule has 0 heterocycles. The van der Waals surface area contributed by atoms with Gasteiger partial charge in [0, 0.05) is 6.07 Å². The van der Waals surface area contributed by atoms with E-state index in [1.54, 1.807) is 0 Å². The number of rotatable bonds is 5. The van der Waals surface area contributed by atoms with Crippen molar-refractivity contribution < 1.29 is 28.2 Å². The zero-order chi connectivity index (χ0) is 13.7. The second-order valence-electron chi connectivity index (χ2n) is 3.58. The molecule has 6 heteroatoms. The highest BCUT2D eigenvalue weighted by atomic mass is 19.1. The molecule has 4 nitrogen and oxygen atoms in total. The molecule has 98 valence electrons. The van der Waals surface area contributed by atoms with E-state index in [4.69, 9.17) is 5.11 Å². The van der Waals surface area contributed by atoms with Gasteiger partial charge in [-0.25, -0.2) is 8.78 Å². The van der Waals surface area contributed by atoms with Gasteiger partial charge in [0.25, 0.3) is 0 Å². The Hall–Kier alpha value is -1.98. The Morgan fingerprint density at radius 2 is 2.06 bits per heavy atom. The standard InChI is InChI=1S/C12H12F2O4/c1-2-18-12(17)9(11(15)16)5-7-3-4-8(13)6-10(7)14/h3-4,6,9H,2,5H2,1H3,(H,15,16). The maximum atomic E-state index is 13.3. The Morgan fingerprint density at radius 1 is 1.39 bits per heavy atom. The van der Waals surface area contributed by atoms with E-state index in [0.717, 1.165) is 12.1 Å². The summed E-state index contributed by atoms with van der Waals surface area (Å²) >= 11 is 0. The minimum atomic E-state index is -1.50. The number of esters is 1. The molecule has 1 rings (SSSR count). The van der Waals surface area contributed by atoms with Crippen molar-refractivity contribution in [2.45, 2.75) is 13.3 Å². The Bertz CT molecular complexity index is 459. The first kappa shape index (κ1) is 14.1. The zero-order valence-corrected chi connectivity index (χ0v) is 9.65. The van der Waals surface area contributed by atoms with Gasteiger partial charge in [-0.15, -0.1) is 0 Å². The smallest absolute Gasteiger partial charge is 0.320 e. The van der Waals surface area contributed by atoms with Gasteiger partial charge in [-0.3, -0.25) is 9.59 Å². The van der Waals surface area contributed by atoms with Gasteiger partial charge < -0.3 is 9.84 Å². The van der Waals surface area contributed by atoms with Crippen LogP contribution in [0.2, 0.25) is 0 Å². The van der Waals surface area contributed by atoms with Crippen molar-refractivity contribution in [3.05, 3.63) is 35.4 Å². The lowest BCUT2D eigenvalue weighted by atomic mass is 9.99. The Balaban J connectivity index is 2.90. The number of carbonyl (C=O) groups excluding carboxylic acids is 1. The predicted molar refractivity (Wildman–Crippen MR) is 57.8 cm³/mol. The number of hydrogen-bond donors (Lipinski definition) is 1. The molecule has 0 aromatic heterocycles. The van der Waals surface area contributed by atoms with Gasteiger partial charge in [-0.05, 0) is 25.0 Å². The molecule has 1 atom stereocenters. The first-order valence-electron chi connectivity index (χ1n) is 5.29. The monoisotopic (exact) mass is 258 g/mol. The number of benzene rings is 1. The van der Waals surface area contributed by atoms with Gasteiger partial charge in [-0.1, -0.05) is 6.07 Å². The fourth-order valence-electron chi connectivity index (χ4n) is 1.42. The normalized spacial score (nSPS) is 11.9. The summed E-state index contributed by atoms with van der Waals surface area (Å²) in [6.07, 6.45) is -0.375. The predicted octanol–water partition coefficient (Wildman–Crippen LogP) is 1.77. The minimum absolute atomic E-state index is 0.0362. The number of hydrogen-bond acceptors (Lipinski definition) is 3. The highest BCUT2D eigenvalue weighted by Gasteiger charge is 2.28. The van der Waals surface area contributed by atoms with Gasteiger partial charge in [-0.2, -0.15) is 0 Å². The molecule has 1 N–H and O–H groups in total. The number of carbonyl (C=O) groups is 2. The molecule has 1 aromatic rings. The molecular formula is C12H12F2O4. The van der Waals surface area contributed by atoms with Crippen molar-refractivity contribution in [3.8, 4) is 0 Å². The lowest BCUT2D eigenvalue weighted by Crippen LogP contribution is -2.28. The van der Waals surface area contributed by atoms with Crippen LogP contribution in [0.5, 0.6) is 0 Å². The fourth-order valence-corrected chi connectivity index (χ4v) is 1.42. The summed E-state index contributed by atoms with van der Waals surface area (Å²) in [6, 6.07) is 2.75. The van der Waals surface area contributed by atoms with Crippen LogP contribution >= 0.6 is 0 Å². The van der Waals surface area contributed by atoms with Crippen molar-refractivity contribution in [1.82, 2.24) is 0 Å². The molecule has 1 aromatic carbocycles. The molecule has 0 amide bonds. The molecule has 0 aliphatic heterocycles. The van der Waals surface area contributed by atoms with E-state index in [-0.39, 0.29) is 18.6 Å². The molecule has 0 saturated heterocycles. The van der Waals surface area contributed by atoms with E-state index in [1.165, 1.54) is 6.92 Å². The number of aliphatic carboxylic acids is 1. The second-order valence-corrected chi connectivity index (χ2v) is 3.58. The van der Waals surface area contributed by atoms with Crippen LogP contribution in [0, 0.1) is 17.6 Å². The van der Waals surface area contributed by atoms with Gasteiger partial charge >= 0.3 is 11.9 Å². The minimum Gasteiger partial charge on any atom is -0.481 e. The molecule has 0 aliphatic rings. The lowest BCUT2D eigenvalue weighted by molar-refractivity contribution is -0.158. The van der Waals surface area contributed by atoms with E-state index in [0.29, 0.717) is 6.07 Å². The molecule has 0 aliphatic carbocycles. The maximum absolute atomic E-state index is 13.3. The Labute approximate surface area is 102 Å². The molecule has 0 spiro atoms. The third kappa shape index (κ3) is 3.51. The molecule has 0 fully saturated rings. The average Bonchev–Trinajstić information content (AvgIpc) is 2.27. The summed E-state index contributed by atoms with van der Waals surface area (Å²) in [5.41, 5.74) is -0.0446. The summed E-state index contributed by atoms with van der Waals surface area (Å²) in [7, 11) is 0. The summed E-state index contributed by atoms with van der Waals surface area (Å²) in [5, 5.41) is 8.88. The number of halogens is 2. The first-order chi connectivity index (χ1) is 8.45. The molecule has 0 radical (unpaired) electrons. The third-order valence-electron chi connectivity index (χ3n) is 2.31. The zero-order valence-electron chi connectivity index (χ0n) is 9.65. The van der Waals surface area contributed by atoms with Crippen LogP contribution in [-0.2, 0) is 20.7 Å². The van der Waals surface area contributed by atoms with Crippen LogP contribution in [0.4, 0.5) is 8.78 Å². The van der Waals surface area contributed by atoms with Crippen LogP contribution < -0.4 is 0 Å². The summed E-state index contributed by atoms with van der Waals surface area (Å²) in [5.74, 6) is -5.49. The molecule has 18 heavy (non-hydrogen) atoms. The summed E-state index contributed by atoms with van der Waals surface area (Å²) < 4.78 is 30.6. The fraction of sp³-hybridized carbons (Fsp3) is 0.333. The molecular weight excluding hydrogens is 246 g/mol. The van der Waals surface area contributed by atoms with Crippen LogP contribution in [0.3, 0.4) is 0 Å². The summed E-state index contributed by atoms with van der Waals surface area (Å²) in [6.45, 7) is 1.57. The largest absolute Gasteiger partial charge is 0.481 e. The van der Waals surface area contributed by atoms with E-state index in [2.05, 4.69) is 4.74 Å². The van der Waals surface area contributed by atoms with Gasteiger partial charge in [0.05, 0.1) is 6.61 Å². The third-order valence-corrected chi connectivity index (χ3v) is 2.31. The number of ether oxygens (including phenoxy) is 1. The highest BCUT2D eigenvalue weighted by molar-refractivity contribution is 5.94. The van der Waals surface area contributed by atoms with E-state index < -0.39 is 29.5 Å². The van der Waals surface area contributed by atoms with Crippen LogP contribution in [0.25, 0.3) is 0 Å². The van der Waals surface area contributed by atoms with Crippen LogP contribution in [0.15, 0.2) is 18.2 Å². The van der Waals surface area contributed by atoms with Crippen molar-refractivity contribution >= 4 is 11.9 Å². The SMILES string of the molecule is CCOC(=O)C(Cc1ccc(F)cc1F)C(=O)O. The number of carboxylic acids is 1. The molecule has 0 bridgehead atoms. The molecule has 1 unspecified atom stereocenters. The first-order valence-corrected chi connectivity index (χ1v) is 5.29. The van der Waals surface area contributed by atoms with Gasteiger partial charge in [0.1, 0.15) is 11.6 Å². The highest BCUT2D eigenvalue weighted by Crippen LogP contribution is 2.16. The van der Waals surface area contributed by atoms with Crippen molar-refractivity contribution in [2.75, 3.05) is 6.61 Å². The quantitative estimate of drug-likeness (QED) is 0.645. The van der Waals surface area contributed by atoms with E-state index >= 15 is 0 Å². The summed E-state index contributed by atoms with van der Waals surface area (Å²) in [4.78, 5) is 22.3. The van der Waals surface area contributed by atoms with Crippen LogP contribution in [-0.4, -0.2) is 23.7 Å².